The molecule has 3 aromatic carbocycles. The van der Waals surface area contributed by atoms with Gasteiger partial charge in [-0.25, -0.2) is 0 Å². The Labute approximate surface area is 148 Å². The first-order chi connectivity index (χ1) is 12.3. The molecule has 3 aromatic rings. The number of hydrogen-bond acceptors (Lipinski definition) is 3. The van der Waals surface area contributed by atoms with Gasteiger partial charge in [-0.05, 0) is 16.7 Å². The SMILES string of the molecule is COC(=O)CNC(c1ccccc1)(c1ccccc1)c1ccccc1. The summed E-state index contributed by atoms with van der Waals surface area (Å²) < 4.78 is 4.85. The summed E-state index contributed by atoms with van der Waals surface area (Å²) in [5, 5.41) is 3.46. The number of hydrogen-bond donors (Lipinski definition) is 1. The van der Waals surface area contributed by atoms with E-state index < -0.39 is 5.54 Å². The molecule has 0 saturated heterocycles. The van der Waals surface area contributed by atoms with Gasteiger partial charge in [-0.3, -0.25) is 10.1 Å². The van der Waals surface area contributed by atoms with Crippen LogP contribution >= 0.6 is 0 Å². The zero-order chi connectivity index (χ0) is 17.5. The topological polar surface area (TPSA) is 38.3 Å². The van der Waals surface area contributed by atoms with Crippen LogP contribution in [0.4, 0.5) is 0 Å². The Morgan fingerprint density at radius 3 is 1.44 bits per heavy atom. The zero-order valence-electron chi connectivity index (χ0n) is 14.2. The second kappa shape index (κ2) is 7.77. The van der Waals surface area contributed by atoms with E-state index in [0.717, 1.165) is 16.7 Å². The van der Waals surface area contributed by atoms with E-state index in [4.69, 9.17) is 4.74 Å². The summed E-state index contributed by atoms with van der Waals surface area (Å²) in [7, 11) is 1.40. The van der Waals surface area contributed by atoms with Gasteiger partial charge in [0.1, 0.15) is 0 Å². The van der Waals surface area contributed by atoms with Crippen molar-refractivity contribution >= 4 is 5.97 Å². The van der Waals surface area contributed by atoms with Gasteiger partial charge in [-0.15, -0.1) is 0 Å². The lowest BCUT2D eigenvalue weighted by molar-refractivity contribution is -0.139. The molecule has 0 aliphatic heterocycles. The third-order valence-electron chi connectivity index (χ3n) is 4.35. The molecule has 0 aromatic heterocycles. The zero-order valence-corrected chi connectivity index (χ0v) is 14.2. The maximum absolute atomic E-state index is 11.9. The van der Waals surface area contributed by atoms with E-state index in [-0.39, 0.29) is 12.5 Å². The van der Waals surface area contributed by atoms with E-state index >= 15 is 0 Å². The molecule has 0 saturated carbocycles. The van der Waals surface area contributed by atoms with Gasteiger partial charge in [0.05, 0.1) is 19.2 Å². The summed E-state index contributed by atoms with van der Waals surface area (Å²) in [6.07, 6.45) is 0. The van der Waals surface area contributed by atoms with Crippen molar-refractivity contribution in [1.29, 1.82) is 0 Å². The summed E-state index contributed by atoms with van der Waals surface area (Å²) in [5.74, 6) is -0.299. The molecule has 3 rings (SSSR count). The number of carbonyl (C=O) groups excluding carboxylic acids is 1. The van der Waals surface area contributed by atoms with Gasteiger partial charge in [0.2, 0.25) is 0 Å². The molecule has 0 bridgehead atoms. The van der Waals surface area contributed by atoms with Gasteiger partial charge >= 0.3 is 5.97 Å². The van der Waals surface area contributed by atoms with Gasteiger partial charge < -0.3 is 4.74 Å². The second-order valence-electron chi connectivity index (χ2n) is 5.78. The van der Waals surface area contributed by atoms with Crippen LogP contribution in [0, 0.1) is 0 Å². The number of ether oxygens (including phenoxy) is 1. The van der Waals surface area contributed by atoms with E-state index in [0.29, 0.717) is 0 Å². The molecule has 0 heterocycles. The first kappa shape index (κ1) is 16.9. The highest BCUT2D eigenvalue weighted by molar-refractivity contribution is 5.72. The fourth-order valence-electron chi connectivity index (χ4n) is 3.15. The third kappa shape index (κ3) is 3.47. The van der Waals surface area contributed by atoms with Gasteiger partial charge in [0.25, 0.3) is 0 Å². The normalized spacial score (nSPS) is 11.1. The number of rotatable bonds is 6. The molecule has 0 aliphatic rings. The van der Waals surface area contributed by atoms with Crippen molar-refractivity contribution in [1.82, 2.24) is 5.32 Å². The van der Waals surface area contributed by atoms with Crippen LogP contribution in [0.2, 0.25) is 0 Å². The molecule has 0 spiro atoms. The van der Waals surface area contributed by atoms with Gasteiger partial charge in [-0.1, -0.05) is 91.0 Å². The number of nitrogens with one attached hydrogen (secondary N) is 1. The van der Waals surface area contributed by atoms with E-state index in [1.807, 2.05) is 54.6 Å². The number of esters is 1. The fourth-order valence-corrected chi connectivity index (χ4v) is 3.15. The van der Waals surface area contributed by atoms with Crippen LogP contribution in [0.3, 0.4) is 0 Å². The smallest absolute Gasteiger partial charge is 0.319 e. The predicted molar refractivity (Wildman–Crippen MR) is 99.2 cm³/mol. The van der Waals surface area contributed by atoms with E-state index in [2.05, 4.69) is 41.7 Å². The number of carbonyl (C=O) groups is 1. The van der Waals surface area contributed by atoms with Gasteiger partial charge in [0.15, 0.2) is 0 Å². The highest BCUT2D eigenvalue weighted by atomic mass is 16.5. The van der Waals surface area contributed by atoms with Crippen molar-refractivity contribution < 1.29 is 9.53 Å². The first-order valence-corrected chi connectivity index (χ1v) is 8.26. The number of methoxy groups -OCH3 is 1. The monoisotopic (exact) mass is 331 g/mol. The molecular weight excluding hydrogens is 310 g/mol. The van der Waals surface area contributed by atoms with Gasteiger partial charge in [-0.2, -0.15) is 0 Å². The summed E-state index contributed by atoms with van der Waals surface area (Å²) in [6, 6.07) is 30.5. The van der Waals surface area contributed by atoms with Gasteiger partial charge in [0, 0.05) is 0 Å². The Morgan fingerprint density at radius 1 is 0.760 bits per heavy atom. The summed E-state index contributed by atoms with van der Waals surface area (Å²) in [4.78, 5) is 11.9. The minimum atomic E-state index is -0.641. The van der Waals surface area contributed by atoms with Crippen LogP contribution in [0.15, 0.2) is 91.0 Å². The molecule has 0 radical (unpaired) electrons. The Morgan fingerprint density at radius 2 is 1.12 bits per heavy atom. The van der Waals surface area contributed by atoms with Crippen molar-refractivity contribution in [2.24, 2.45) is 0 Å². The molecule has 3 heteroatoms. The van der Waals surface area contributed by atoms with Crippen LogP contribution < -0.4 is 5.32 Å². The molecule has 0 unspecified atom stereocenters. The van der Waals surface area contributed by atoms with Crippen molar-refractivity contribution in [2.45, 2.75) is 5.54 Å². The molecule has 3 nitrogen and oxygen atoms in total. The molecule has 0 atom stereocenters. The van der Waals surface area contributed by atoms with E-state index in [1.54, 1.807) is 0 Å². The molecular formula is C22H21NO2. The lowest BCUT2D eigenvalue weighted by atomic mass is 9.77. The largest absolute Gasteiger partial charge is 0.468 e. The highest BCUT2D eigenvalue weighted by Gasteiger charge is 2.36. The van der Waals surface area contributed by atoms with Crippen LogP contribution in [-0.2, 0) is 15.1 Å². The summed E-state index contributed by atoms with van der Waals surface area (Å²) in [5.41, 5.74) is 2.56. The molecule has 0 fully saturated rings. The standard InChI is InChI=1S/C22H21NO2/c1-25-21(24)17-23-22(18-11-5-2-6-12-18,19-13-7-3-8-14-19)20-15-9-4-10-16-20/h2-16,23H,17H2,1H3. The minimum Gasteiger partial charge on any atom is -0.468 e. The van der Waals surface area contributed by atoms with Crippen molar-refractivity contribution in [3.05, 3.63) is 108 Å². The van der Waals surface area contributed by atoms with Crippen LogP contribution in [0.5, 0.6) is 0 Å². The van der Waals surface area contributed by atoms with Crippen LogP contribution in [-0.4, -0.2) is 19.6 Å². The average Bonchev–Trinajstić information content (AvgIpc) is 2.71. The first-order valence-electron chi connectivity index (χ1n) is 8.26. The van der Waals surface area contributed by atoms with E-state index in [9.17, 15) is 4.79 Å². The van der Waals surface area contributed by atoms with Crippen molar-refractivity contribution in [3.63, 3.8) is 0 Å². The Hall–Kier alpha value is -2.91. The molecule has 0 aliphatic carbocycles. The van der Waals surface area contributed by atoms with Crippen molar-refractivity contribution in [2.75, 3.05) is 13.7 Å². The molecule has 126 valence electrons. The Balaban J connectivity index is 2.22. The fraction of sp³-hybridized carbons (Fsp3) is 0.136. The lowest BCUT2D eigenvalue weighted by Crippen LogP contribution is -2.47. The average molecular weight is 331 g/mol. The van der Waals surface area contributed by atoms with Crippen LogP contribution in [0.1, 0.15) is 16.7 Å². The summed E-state index contributed by atoms with van der Waals surface area (Å²) in [6.45, 7) is 0.106. The molecule has 1 N–H and O–H groups in total. The Bertz CT molecular complexity index is 705. The maximum atomic E-state index is 11.9. The lowest BCUT2D eigenvalue weighted by Gasteiger charge is -2.36. The molecule has 0 amide bonds. The highest BCUT2D eigenvalue weighted by Crippen LogP contribution is 2.36. The minimum absolute atomic E-state index is 0.106. The van der Waals surface area contributed by atoms with Crippen molar-refractivity contribution in [3.8, 4) is 0 Å². The Kier molecular flexibility index (Phi) is 5.26. The second-order valence-corrected chi connectivity index (χ2v) is 5.78. The van der Waals surface area contributed by atoms with E-state index in [1.165, 1.54) is 7.11 Å². The quantitative estimate of drug-likeness (QED) is 0.552. The van der Waals surface area contributed by atoms with Crippen LogP contribution in [0.25, 0.3) is 0 Å². The maximum Gasteiger partial charge on any atom is 0.319 e. The molecule has 25 heavy (non-hydrogen) atoms. The summed E-state index contributed by atoms with van der Waals surface area (Å²) >= 11 is 0. The predicted octanol–water partition coefficient (Wildman–Crippen LogP) is 3.74. The third-order valence-corrected chi connectivity index (χ3v) is 4.35. The number of benzene rings is 3.